The Kier molecular flexibility index (Phi) is 5.59. The van der Waals surface area contributed by atoms with E-state index in [0.29, 0.717) is 10.6 Å². The standard InChI is InChI=1S/C19H19ClN2OS/c1-14-3-9-17(10-4-14)22(19-21-11-2-12-24-19)13-18(23)15-5-7-16(20)8-6-15/h3-10H,2,11-13H2,1H3. The van der Waals surface area contributed by atoms with E-state index in [0.717, 1.165) is 29.6 Å². The van der Waals surface area contributed by atoms with E-state index in [2.05, 4.69) is 24.0 Å². The van der Waals surface area contributed by atoms with Crippen LogP contribution in [0.15, 0.2) is 53.5 Å². The number of nitrogens with zero attached hydrogens (tertiary/aromatic N) is 2. The summed E-state index contributed by atoms with van der Waals surface area (Å²) in [5.41, 5.74) is 2.86. The lowest BCUT2D eigenvalue weighted by Crippen LogP contribution is -2.35. The Morgan fingerprint density at radius 3 is 2.50 bits per heavy atom. The minimum Gasteiger partial charge on any atom is -0.313 e. The second kappa shape index (κ2) is 7.86. The number of thioether (sulfide) groups is 1. The molecule has 0 aliphatic carbocycles. The van der Waals surface area contributed by atoms with Crippen LogP contribution in [0.1, 0.15) is 22.3 Å². The number of carbonyl (C=O) groups excluding carboxylic acids is 1. The molecular weight excluding hydrogens is 340 g/mol. The van der Waals surface area contributed by atoms with Gasteiger partial charge in [0.15, 0.2) is 11.0 Å². The number of aryl methyl sites for hydroxylation is 1. The van der Waals surface area contributed by atoms with Crippen LogP contribution in [-0.4, -0.2) is 29.8 Å². The zero-order valence-electron chi connectivity index (χ0n) is 13.5. The van der Waals surface area contributed by atoms with Gasteiger partial charge in [-0.05, 0) is 49.7 Å². The van der Waals surface area contributed by atoms with Crippen molar-refractivity contribution < 1.29 is 4.79 Å². The van der Waals surface area contributed by atoms with Gasteiger partial charge in [-0.15, -0.1) is 0 Å². The maximum Gasteiger partial charge on any atom is 0.182 e. The van der Waals surface area contributed by atoms with Crippen LogP contribution < -0.4 is 4.90 Å². The molecule has 1 heterocycles. The van der Waals surface area contributed by atoms with Gasteiger partial charge in [-0.1, -0.05) is 41.1 Å². The summed E-state index contributed by atoms with van der Waals surface area (Å²) in [6.07, 6.45) is 1.08. The molecule has 5 heteroatoms. The number of rotatable bonds is 4. The van der Waals surface area contributed by atoms with Crippen LogP contribution in [0, 0.1) is 6.92 Å². The van der Waals surface area contributed by atoms with Gasteiger partial charge in [-0.3, -0.25) is 9.79 Å². The van der Waals surface area contributed by atoms with Gasteiger partial charge in [-0.25, -0.2) is 0 Å². The third kappa shape index (κ3) is 4.19. The molecule has 124 valence electrons. The SMILES string of the molecule is Cc1ccc(N(CC(=O)c2ccc(Cl)cc2)C2=NCCCS2)cc1. The normalized spacial score (nSPS) is 14.2. The van der Waals surface area contributed by atoms with Crippen LogP contribution in [0.5, 0.6) is 0 Å². The number of carbonyl (C=O) groups is 1. The maximum absolute atomic E-state index is 12.7. The Hall–Kier alpha value is -1.78. The van der Waals surface area contributed by atoms with Crippen LogP contribution in [-0.2, 0) is 0 Å². The van der Waals surface area contributed by atoms with E-state index in [1.165, 1.54) is 5.56 Å². The van der Waals surface area contributed by atoms with Crippen LogP contribution >= 0.6 is 23.4 Å². The first-order valence-electron chi connectivity index (χ1n) is 7.94. The fourth-order valence-corrected chi connectivity index (χ4v) is 3.57. The van der Waals surface area contributed by atoms with Crippen molar-refractivity contribution in [1.29, 1.82) is 0 Å². The van der Waals surface area contributed by atoms with E-state index < -0.39 is 0 Å². The molecule has 0 atom stereocenters. The molecular formula is C19H19ClN2OS. The Morgan fingerprint density at radius 2 is 1.88 bits per heavy atom. The average molecular weight is 359 g/mol. The second-order valence-corrected chi connectivity index (χ2v) is 7.22. The molecule has 0 spiro atoms. The Morgan fingerprint density at radius 1 is 1.17 bits per heavy atom. The van der Waals surface area contributed by atoms with E-state index >= 15 is 0 Å². The first-order valence-corrected chi connectivity index (χ1v) is 9.30. The zero-order valence-corrected chi connectivity index (χ0v) is 15.1. The van der Waals surface area contributed by atoms with Gasteiger partial charge >= 0.3 is 0 Å². The molecule has 0 fully saturated rings. The predicted octanol–water partition coefficient (Wildman–Crippen LogP) is 4.83. The maximum atomic E-state index is 12.7. The first-order chi connectivity index (χ1) is 11.6. The van der Waals surface area contributed by atoms with E-state index in [1.54, 1.807) is 36.0 Å². The molecule has 3 rings (SSSR count). The number of amidine groups is 1. The average Bonchev–Trinajstić information content (AvgIpc) is 2.62. The number of benzene rings is 2. The molecule has 0 aromatic heterocycles. The Labute approximate surface area is 151 Å². The van der Waals surface area contributed by atoms with Gasteiger partial charge in [0, 0.05) is 28.6 Å². The number of Topliss-reactive ketones (excluding diaryl/α,β-unsaturated/α-hetero) is 1. The van der Waals surface area contributed by atoms with E-state index in [-0.39, 0.29) is 12.3 Å². The van der Waals surface area contributed by atoms with Crippen molar-refractivity contribution >= 4 is 40.0 Å². The lowest BCUT2D eigenvalue weighted by atomic mass is 10.1. The summed E-state index contributed by atoms with van der Waals surface area (Å²) < 4.78 is 0. The molecule has 1 aliphatic rings. The Balaban J connectivity index is 1.86. The monoisotopic (exact) mass is 358 g/mol. The summed E-state index contributed by atoms with van der Waals surface area (Å²) >= 11 is 7.62. The summed E-state index contributed by atoms with van der Waals surface area (Å²) in [5.74, 6) is 1.09. The molecule has 0 unspecified atom stereocenters. The number of halogens is 1. The van der Waals surface area contributed by atoms with Crippen LogP contribution in [0.3, 0.4) is 0 Å². The quantitative estimate of drug-likeness (QED) is 0.734. The third-order valence-corrected chi connectivity index (χ3v) is 5.18. The zero-order chi connectivity index (χ0) is 16.9. The molecule has 1 aliphatic heterocycles. The van der Waals surface area contributed by atoms with Crippen molar-refractivity contribution in [3.05, 3.63) is 64.7 Å². The van der Waals surface area contributed by atoms with Crippen molar-refractivity contribution in [2.24, 2.45) is 4.99 Å². The van der Waals surface area contributed by atoms with Crippen molar-refractivity contribution in [1.82, 2.24) is 0 Å². The highest BCUT2D eigenvalue weighted by Gasteiger charge is 2.20. The number of hydrogen-bond acceptors (Lipinski definition) is 4. The summed E-state index contributed by atoms with van der Waals surface area (Å²) in [5, 5.41) is 1.56. The Bertz CT molecular complexity index is 741. The van der Waals surface area contributed by atoms with E-state index in [4.69, 9.17) is 11.6 Å². The van der Waals surface area contributed by atoms with Gasteiger partial charge < -0.3 is 4.90 Å². The fraction of sp³-hybridized carbons (Fsp3) is 0.263. The predicted molar refractivity (Wildman–Crippen MR) is 104 cm³/mol. The van der Waals surface area contributed by atoms with Crippen LogP contribution in [0.2, 0.25) is 5.02 Å². The molecule has 24 heavy (non-hydrogen) atoms. The fourth-order valence-electron chi connectivity index (χ4n) is 2.48. The van der Waals surface area contributed by atoms with Crippen molar-refractivity contribution in [3.63, 3.8) is 0 Å². The number of aliphatic imine (C=N–C) groups is 1. The van der Waals surface area contributed by atoms with Gasteiger partial charge in [0.25, 0.3) is 0 Å². The second-order valence-electron chi connectivity index (χ2n) is 5.72. The smallest absolute Gasteiger partial charge is 0.182 e. The van der Waals surface area contributed by atoms with Gasteiger partial charge in [-0.2, -0.15) is 0 Å². The highest BCUT2D eigenvalue weighted by Crippen LogP contribution is 2.24. The summed E-state index contributed by atoms with van der Waals surface area (Å²) in [6, 6.07) is 15.2. The summed E-state index contributed by atoms with van der Waals surface area (Å²) in [6.45, 7) is 3.15. The molecule has 0 amide bonds. The molecule has 0 saturated heterocycles. The number of anilines is 1. The largest absolute Gasteiger partial charge is 0.313 e. The van der Waals surface area contributed by atoms with Crippen molar-refractivity contribution in [3.8, 4) is 0 Å². The molecule has 0 bridgehead atoms. The minimum atomic E-state index is 0.0566. The van der Waals surface area contributed by atoms with Gasteiger partial charge in [0.05, 0.1) is 6.54 Å². The highest BCUT2D eigenvalue weighted by molar-refractivity contribution is 8.14. The molecule has 2 aromatic rings. The topological polar surface area (TPSA) is 32.7 Å². The van der Waals surface area contributed by atoms with Gasteiger partial charge in [0.2, 0.25) is 0 Å². The van der Waals surface area contributed by atoms with Crippen molar-refractivity contribution in [2.45, 2.75) is 13.3 Å². The summed E-state index contributed by atoms with van der Waals surface area (Å²) in [4.78, 5) is 19.3. The lowest BCUT2D eigenvalue weighted by molar-refractivity contribution is 0.100. The number of hydrogen-bond donors (Lipinski definition) is 0. The molecule has 0 radical (unpaired) electrons. The molecule has 3 nitrogen and oxygen atoms in total. The molecule has 0 saturated carbocycles. The third-order valence-electron chi connectivity index (χ3n) is 3.83. The van der Waals surface area contributed by atoms with Gasteiger partial charge in [0.1, 0.15) is 0 Å². The van der Waals surface area contributed by atoms with E-state index in [9.17, 15) is 4.79 Å². The first kappa shape index (κ1) is 17.1. The van der Waals surface area contributed by atoms with Crippen LogP contribution in [0.25, 0.3) is 0 Å². The van der Waals surface area contributed by atoms with E-state index in [1.807, 2.05) is 17.0 Å². The molecule has 0 N–H and O–H groups in total. The summed E-state index contributed by atoms with van der Waals surface area (Å²) in [7, 11) is 0. The van der Waals surface area contributed by atoms with Crippen LogP contribution in [0.4, 0.5) is 5.69 Å². The van der Waals surface area contributed by atoms with Crippen molar-refractivity contribution in [2.75, 3.05) is 23.7 Å². The highest BCUT2D eigenvalue weighted by atomic mass is 35.5. The number of ketones is 1. The minimum absolute atomic E-state index is 0.0566. The molecule has 2 aromatic carbocycles. The lowest BCUT2D eigenvalue weighted by Gasteiger charge is -2.27.